The summed E-state index contributed by atoms with van der Waals surface area (Å²) in [5.74, 6) is 0.589. The highest BCUT2D eigenvalue weighted by atomic mass is 32.1. The van der Waals surface area contributed by atoms with Crippen LogP contribution in [0.2, 0.25) is 0 Å². The van der Waals surface area contributed by atoms with Gasteiger partial charge in [-0.2, -0.15) is 0 Å². The Bertz CT molecular complexity index is 962. The van der Waals surface area contributed by atoms with Crippen LogP contribution in [0.1, 0.15) is 34.9 Å². The van der Waals surface area contributed by atoms with Gasteiger partial charge in [-0.1, -0.05) is 23.8 Å². The van der Waals surface area contributed by atoms with Gasteiger partial charge in [-0.15, -0.1) is 11.3 Å². The molecule has 7 heteroatoms. The molecular formula is C22H27N5OS. The first-order chi connectivity index (χ1) is 14.1. The molecule has 0 aliphatic carbocycles. The molecule has 5 rings (SSSR count). The third-order valence-corrected chi connectivity index (χ3v) is 7.22. The van der Waals surface area contributed by atoms with E-state index in [1.54, 1.807) is 17.4 Å². The zero-order valence-corrected chi connectivity index (χ0v) is 17.7. The summed E-state index contributed by atoms with van der Waals surface area (Å²) in [6.07, 6.45) is 3.85. The second-order valence-electron chi connectivity index (χ2n) is 8.27. The number of nitrogens with zero attached hydrogens (tertiary/aromatic N) is 2. The van der Waals surface area contributed by atoms with Crippen molar-refractivity contribution in [3.05, 3.63) is 51.5 Å². The number of hydrogen-bond acceptors (Lipinski definition) is 6. The molecule has 0 saturated carbocycles. The summed E-state index contributed by atoms with van der Waals surface area (Å²) in [7, 11) is 0. The van der Waals surface area contributed by atoms with Crippen molar-refractivity contribution < 1.29 is 4.79 Å². The minimum Gasteiger partial charge on any atom is -0.330 e. The van der Waals surface area contributed by atoms with Crippen LogP contribution in [-0.4, -0.2) is 41.7 Å². The Hall–Kier alpha value is -2.22. The normalized spacial score (nSPS) is 25.0. The van der Waals surface area contributed by atoms with Gasteiger partial charge in [-0.3, -0.25) is 9.80 Å². The number of hydrazine groups is 1. The average Bonchev–Trinajstić information content (AvgIpc) is 3.35. The number of allylic oxidation sites excluding steroid dienone is 1. The smallest absolute Gasteiger partial charge is 0.247 e. The summed E-state index contributed by atoms with van der Waals surface area (Å²) < 4.78 is 0. The van der Waals surface area contributed by atoms with Crippen molar-refractivity contribution in [3.63, 3.8) is 0 Å². The van der Waals surface area contributed by atoms with Crippen molar-refractivity contribution in [1.82, 2.24) is 26.1 Å². The van der Waals surface area contributed by atoms with Gasteiger partial charge in [0.1, 0.15) is 11.2 Å². The van der Waals surface area contributed by atoms with Gasteiger partial charge < -0.3 is 10.6 Å². The maximum Gasteiger partial charge on any atom is 0.247 e. The van der Waals surface area contributed by atoms with Crippen LogP contribution in [-0.2, 0) is 4.79 Å². The van der Waals surface area contributed by atoms with Crippen LogP contribution in [0.5, 0.6) is 0 Å². The number of carbonyl (C=O) groups excluding carboxylic acids is 1. The standard InChI is InChI=1S/C22H27N5OS/c1-13-3-4-16(14(2)9-13)18-12-29-22(25-18)17-11-24-27-19(10-20(28)26-21(17)27)15-5-7-23-8-6-15/h3-4,9-10,12,15,17,21,23-24H,5-8,11H2,1-2H3,(H,26,28). The zero-order valence-electron chi connectivity index (χ0n) is 16.9. The Morgan fingerprint density at radius 1 is 1.21 bits per heavy atom. The minimum absolute atomic E-state index is 0.0136. The number of benzene rings is 1. The molecule has 2 fully saturated rings. The molecule has 1 amide bonds. The number of piperidine rings is 1. The number of amides is 1. The topological polar surface area (TPSA) is 69.3 Å². The lowest BCUT2D eigenvalue weighted by Gasteiger charge is -2.38. The predicted molar refractivity (Wildman–Crippen MR) is 115 cm³/mol. The summed E-state index contributed by atoms with van der Waals surface area (Å²) >= 11 is 1.69. The number of nitrogens with one attached hydrogen (secondary N) is 3. The van der Waals surface area contributed by atoms with Crippen molar-refractivity contribution in [3.8, 4) is 11.3 Å². The molecule has 29 heavy (non-hydrogen) atoms. The Balaban J connectivity index is 1.40. The SMILES string of the molecule is Cc1ccc(-c2csc(C3CNN4C(C5CCNCC5)=CC(=O)NC34)n2)c(C)c1. The molecule has 4 heterocycles. The van der Waals surface area contributed by atoms with Gasteiger partial charge in [0.15, 0.2) is 0 Å². The molecule has 6 nitrogen and oxygen atoms in total. The van der Waals surface area contributed by atoms with Crippen LogP contribution in [0.3, 0.4) is 0 Å². The third-order valence-electron chi connectivity index (χ3n) is 6.24. The maximum atomic E-state index is 12.5. The number of aromatic nitrogens is 1. The predicted octanol–water partition coefficient (Wildman–Crippen LogP) is 2.67. The van der Waals surface area contributed by atoms with E-state index in [2.05, 4.69) is 58.5 Å². The molecule has 2 atom stereocenters. The summed E-state index contributed by atoms with van der Waals surface area (Å²) in [5, 5.41) is 12.0. The Kier molecular flexibility index (Phi) is 4.89. The molecule has 1 aromatic carbocycles. The minimum atomic E-state index is -0.0736. The molecule has 2 unspecified atom stereocenters. The van der Waals surface area contributed by atoms with E-state index in [1.807, 2.05) is 0 Å². The Morgan fingerprint density at radius 2 is 2.03 bits per heavy atom. The number of hydrogen-bond donors (Lipinski definition) is 3. The van der Waals surface area contributed by atoms with Crippen LogP contribution in [0.25, 0.3) is 11.3 Å². The molecule has 3 N–H and O–H groups in total. The molecule has 2 saturated heterocycles. The van der Waals surface area contributed by atoms with Crippen molar-refractivity contribution in [2.75, 3.05) is 19.6 Å². The van der Waals surface area contributed by atoms with Gasteiger partial charge in [0.25, 0.3) is 0 Å². The van der Waals surface area contributed by atoms with Crippen molar-refractivity contribution in [2.24, 2.45) is 5.92 Å². The maximum absolute atomic E-state index is 12.5. The van der Waals surface area contributed by atoms with Gasteiger partial charge in [-0.05, 0) is 45.3 Å². The first-order valence-corrected chi connectivity index (χ1v) is 11.3. The lowest BCUT2D eigenvalue weighted by atomic mass is 9.92. The highest BCUT2D eigenvalue weighted by Crippen LogP contribution is 2.37. The highest BCUT2D eigenvalue weighted by molar-refractivity contribution is 7.10. The molecular weight excluding hydrogens is 382 g/mol. The fourth-order valence-electron chi connectivity index (χ4n) is 4.73. The number of fused-ring (bicyclic) bond motifs is 1. The second kappa shape index (κ2) is 7.55. The fraction of sp³-hybridized carbons (Fsp3) is 0.455. The number of rotatable bonds is 3. The third kappa shape index (κ3) is 3.47. The van der Waals surface area contributed by atoms with Crippen LogP contribution in [0.15, 0.2) is 35.4 Å². The zero-order chi connectivity index (χ0) is 20.0. The summed E-state index contributed by atoms with van der Waals surface area (Å²) in [6, 6.07) is 6.49. The molecule has 0 radical (unpaired) electrons. The summed E-state index contributed by atoms with van der Waals surface area (Å²) in [6.45, 7) is 7.06. The lowest BCUT2D eigenvalue weighted by molar-refractivity contribution is -0.119. The highest BCUT2D eigenvalue weighted by Gasteiger charge is 2.43. The molecule has 0 spiro atoms. The van der Waals surface area contributed by atoms with Gasteiger partial charge >= 0.3 is 0 Å². The average molecular weight is 410 g/mol. The monoisotopic (exact) mass is 409 g/mol. The van der Waals surface area contributed by atoms with E-state index < -0.39 is 0 Å². The van der Waals surface area contributed by atoms with Crippen LogP contribution in [0, 0.1) is 19.8 Å². The van der Waals surface area contributed by atoms with E-state index in [4.69, 9.17) is 4.98 Å². The largest absolute Gasteiger partial charge is 0.330 e. The molecule has 152 valence electrons. The van der Waals surface area contributed by atoms with E-state index in [0.29, 0.717) is 5.92 Å². The Morgan fingerprint density at radius 3 is 2.83 bits per heavy atom. The fourth-order valence-corrected chi connectivity index (χ4v) is 5.68. The van der Waals surface area contributed by atoms with Crippen LogP contribution in [0.4, 0.5) is 0 Å². The number of carbonyl (C=O) groups is 1. The number of thiazole rings is 1. The van der Waals surface area contributed by atoms with E-state index in [9.17, 15) is 4.79 Å². The van der Waals surface area contributed by atoms with E-state index in [-0.39, 0.29) is 18.0 Å². The van der Waals surface area contributed by atoms with Gasteiger partial charge in [-0.25, -0.2) is 10.4 Å². The first kappa shape index (κ1) is 18.8. The molecule has 3 aliphatic rings. The summed E-state index contributed by atoms with van der Waals surface area (Å²) in [5.41, 5.74) is 9.39. The molecule has 2 aromatic rings. The molecule has 0 bridgehead atoms. The van der Waals surface area contributed by atoms with Crippen molar-refractivity contribution in [1.29, 1.82) is 0 Å². The van der Waals surface area contributed by atoms with Gasteiger partial charge in [0.2, 0.25) is 5.91 Å². The van der Waals surface area contributed by atoms with Crippen molar-refractivity contribution in [2.45, 2.75) is 38.8 Å². The van der Waals surface area contributed by atoms with E-state index in [1.165, 1.54) is 16.7 Å². The number of aryl methyl sites for hydroxylation is 2. The van der Waals surface area contributed by atoms with Crippen LogP contribution >= 0.6 is 11.3 Å². The summed E-state index contributed by atoms with van der Waals surface area (Å²) in [4.78, 5) is 17.4. The lowest BCUT2D eigenvalue weighted by Crippen LogP contribution is -2.53. The molecule has 3 aliphatic heterocycles. The van der Waals surface area contributed by atoms with E-state index >= 15 is 0 Å². The first-order valence-electron chi connectivity index (χ1n) is 10.4. The van der Waals surface area contributed by atoms with E-state index in [0.717, 1.165) is 48.9 Å². The second-order valence-corrected chi connectivity index (χ2v) is 9.16. The van der Waals surface area contributed by atoms with Crippen LogP contribution < -0.4 is 16.1 Å². The van der Waals surface area contributed by atoms with Gasteiger partial charge in [0, 0.05) is 35.2 Å². The van der Waals surface area contributed by atoms with Gasteiger partial charge in [0.05, 0.1) is 11.6 Å². The van der Waals surface area contributed by atoms with Crippen molar-refractivity contribution >= 4 is 17.2 Å². The Labute approximate surface area is 175 Å². The quantitative estimate of drug-likeness (QED) is 0.727. The molecule has 1 aromatic heterocycles.